The van der Waals surface area contributed by atoms with Gasteiger partial charge in [-0.2, -0.15) is 0 Å². The van der Waals surface area contributed by atoms with Crippen molar-refractivity contribution in [3.8, 4) is 77.9 Å². The summed E-state index contributed by atoms with van der Waals surface area (Å²) in [4.78, 5) is 5.22. The van der Waals surface area contributed by atoms with Crippen molar-refractivity contribution in [3.05, 3.63) is 345 Å². The van der Waals surface area contributed by atoms with Gasteiger partial charge in [0.1, 0.15) is 0 Å². The Morgan fingerprint density at radius 3 is 1.31 bits per heavy atom. The number of anilines is 6. The Morgan fingerprint density at radius 1 is 0.283 bits per heavy atom. The average molecular weight is 1370 g/mol. The Balaban J connectivity index is 0.778. The zero-order valence-corrected chi connectivity index (χ0v) is 63.3. The van der Waals surface area contributed by atoms with Crippen molar-refractivity contribution in [3.63, 3.8) is 0 Å². The van der Waals surface area contributed by atoms with Crippen LogP contribution in [0.3, 0.4) is 0 Å². The van der Waals surface area contributed by atoms with Gasteiger partial charge in [0.05, 0.1) is 11.4 Å². The van der Waals surface area contributed by atoms with Crippen molar-refractivity contribution in [2.45, 2.75) is 166 Å². The fourth-order valence-electron chi connectivity index (χ4n) is 20.9. The van der Waals surface area contributed by atoms with E-state index in [1.54, 1.807) is 0 Å². The molecule has 2 nitrogen and oxygen atoms in total. The SMILES string of the molecule is Cc1cc(C)c2c(c1)C(C)(C)c1cc(N(c3ccc4c(c3)C(C)(C)c3ccccc3-4)c3ccc(CC4(C)c5ccccc5-c5ccc(N(c6ccc7c(c6)C(C)(C)c6cccc(-c8ccccc8)c6-7)c6ccccc6-c6ccc(C7CCCCC7)cc6)cc54)cc3-c3ccc(C4CCCCC4)cc3)ccc1-2. The molecule has 2 fully saturated rings. The van der Waals surface area contributed by atoms with E-state index in [1.807, 2.05) is 0 Å². The lowest BCUT2D eigenvalue weighted by molar-refractivity contribution is 0.443. The normalized spacial score (nSPS) is 17.5. The molecule has 2 saturated carbocycles. The quantitative estimate of drug-likeness (QED) is 0.114. The lowest BCUT2D eigenvalue weighted by Gasteiger charge is -2.33. The number of benzene rings is 13. The fraction of sp³-hybridized carbons (Fsp3) is 0.250. The minimum Gasteiger partial charge on any atom is -0.310 e. The van der Waals surface area contributed by atoms with Crippen molar-refractivity contribution in [1.82, 2.24) is 0 Å². The monoisotopic (exact) mass is 1370 g/mol. The van der Waals surface area contributed by atoms with Crippen LogP contribution in [-0.2, 0) is 28.1 Å². The van der Waals surface area contributed by atoms with Crippen LogP contribution in [0.15, 0.2) is 273 Å². The van der Waals surface area contributed by atoms with Crippen LogP contribution in [0, 0.1) is 13.8 Å². The van der Waals surface area contributed by atoms with Crippen LogP contribution in [0.5, 0.6) is 0 Å². The topological polar surface area (TPSA) is 6.48 Å². The summed E-state index contributed by atoms with van der Waals surface area (Å²) in [5.74, 6) is 1.24. The third-order valence-corrected chi connectivity index (χ3v) is 26.5. The van der Waals surface area contributed by atoms with Crippen LogP contribution in [-0.4, -0.2) is 0 Å². The molecule has 106 heavy (non-hydrogen) atoms. The van der Waals surface area contributed by atoms with Gasteiger partial charge in [0.2, 0.25) is 0 Å². The van der Waals surface area contributed by atoms with E-state index in [4.69, 9.17) is 0 Å². The molecule has 0 N–H and O–H groups in total. The van der Waals surface area contributed by atoms with Gasteiger partial charge in [0.25, 0.3) is 0 Å². The molecule has 6 aliphatic rings. The highest BCUT2D eigenvalue weighted by Gasteiger charge is 2.44. The average Bonchev–Trinajstić information content (AvgIpc) is 1.57. The van der Waals surface area contributed by atoms with Crippen LogP contribution in [0.4, 0.5) is 34.1 Å². The maximum atomic E-state index is 2.62. The predicted octanol–water partition coefficient (Wildman–Crippen LogP) is 28.8. The summed E-state index contributed by atoms with van der Waals surface area (Å²) >= 11 is 0. The van der Waals surface area contributed by atoms with E-state index in [-0.39, 0.29) is 16.2 Å². The Bertz CT molecular complexity index is 5650. The summed E-state index contributed by atoms with van der Waals surface area (Å²) < 4.78 is 0. The number of hydrogen-bond donors (Lipinski definition) is 0. The zero-order valence-electron chi connectivity index (χ0n) is 63.3. The lowest BCUT2D eigenvalue weighted by atomic mass is 9.75. The molecule has 0 spiro atoms. The van der Waals surface area contributed by atoms with Gasteiger partial charge >= 0.3 is 0 Å². The smallest absolute Gasteiger partial charge is 0.0540 e. The van der Waals surface area contributed by atoms with Gasteiger partial charge in [-0.3, -0.25) is 0 Å². The molecule has 0 heterocycles. The number of nitrogens with zero attached hydrogens (tertiary/aromatic N) is 2. The standard InChI is InChI=1S/C104H96N2/c1-66-58-67(2)99-86-55-51-78(62-93(86)103(7,8)96(99)59-66)106(76-49-53-84-82-33-19-22-36-89(82)101(3,4)92(84)61-76)98-57-40-68(60-88(98)75-47-43-72(44-48-75)70-28-15-11-16-29-70)65-104(9)90-37-23-20-34-83(90)85-54-50-79(64-95(85)104)105(97-39-24-21-32-80(97)74-45-41-71(42-46-74)69-26-13-10-14-27-69)77-52-56-87-94(63-77)102(5,6)91-38-25-35-81(100(87)91)73-30-17-12-18-31-73/h12,17-25,30-64,69-70H,10-11,13-16,26-29,65H2,1-9H3. The molecule has 0 saturated heterocycles. The second-order valence-electron chi connectivity index (χ2n) is 33.9. The number of rotatable bonds is 13. The van der Waals surface area contributed by atoms with Gasteiger partial charge in [-0.25, -0.2) is 0 Å². The molecule has 19 rings (SSSR count). The summed E-state index contributed by atoms with van der Waals surface area (Å²) in [5, 5.41) is 0. The molecule has 0 aromatic heterocycles. The third kappa shape index (κ3) is 10.6. The molecule has 1 unspecified atom stereocenters. The Morgan fingerprint density at radius 2 is 0.708 bits per heavy atom. The van der Waals surface area contributed by atoms with E-state index >= 15 is 0 Å². The van der Waals surface area contributed by atoms with Gasteiger partial charge in [-0.1, -0.05) is 299 Å². The first-order chi connectivity index (χ1) is 51.5. The van der Waals surface area contributed by atoms with Gasteiger partial charge in [-0.15, -0.1) is 0 Å². The molecule has 0 amide bonds. The molecule has 0 bridgehead atoms. The van der Waals surface area contributed by atoms with Gasteiger partial charge < -0.3 is 9.80 Å². The van der Waals surface area contributed by atoms with Crippen molar-refractivity contribution in [2.24, 2.45) is 0 Å². The highest BCUT2D eigenvalue weighted by Crippen LogP contribution is 2.59. The molecule has 6 aliphatic carbocycles. The summed E-state index contributed by atoms with van der Waals surface area (Å²) in [6.45, 7) is 21.7. The predicted molar refractivity (Wildman–Crippen MR) is 448 cm³/mol. The maximum Gasteiger partial charge on any atom is 0.0540 e. The molecule has 0 aliphatic heterocycles. The molecule has 13 aromatic rings. The zero-order chi connectivity index (χ0) is 72.0. The van der Waals surface area contributed by atoms with Gasteiger partial charge in [0, 0.05) is 55.5 Å². The van der Waals surface area contributed by atoms with E-state index in [2.05, 4.69) is 345 Å². The number of para-hydroxylation sites is 1. The minimum atomic E-state index is -0.418. The minimum absolute atomic E-state index is 0.187. The second kappa shape index (κ2) is 25.3. The molecular weight excluding hydrogens is 1280 g/mol. The van der Waals surface area contributed by atoms with Crippen molar-refractivity contribution in [2.75, 3.05) is 9.80 Å². The van der Waals surface area contributed by atoms with E-state index in [1.165, 1.54) is 237 Å². The molecular formula is C104H96N2. The molecule has 1 atom stereocenters. The van der Waals surface area contributed by atoms with Crippen LogP contribution in [0.25, 0.3) is 77.9 Å². The Kier molecular flexibility index (Phi) is 15.8. The van der Waals surface area contributed by atoms with E-state index < -0.39 is 5.41 Å². The highest BCUT2D eigenvalue weighted by molar-refractivity contribution is 5.98. The van der Waals surface area contributed by atoms with Crippen LogP contribution >= 0.6 is 0 Å². The summed E-state index contributed by atoms with van der Waals surface area (Å²) in [6.07, 6.45) is 13.8. The lowest BCUT2D eigenvalue weighted by Crippen LogP contribution is -2.24. The van der Waals surface area contributed by atoms with Crippen LogP contribution in [0.1, 0.15) is 197 Å². The molecule has 2 heteroatoms. The van der Waals surface area contributed by atoms with Gasteiger partial charge in [0.15, 0.2) is 0 Å². The Labute approximate surface area is 629 Å². The maximum absolute atomic E-state index is 2.62. The number of fused-ring (bicyclic) bond motifs is 12. The van der Waals surface area contributed by atoms with Crippen molar-refractivity contribution in [1.29, 1.82) is 0 Å². The second-order valence-corrected chi connectivity index (χ2v) is 33.9. The highest BCUT2D eigenvalue weighted by atomic mass is 15.2. The largest absolute Gasteiger partial charge is 0.310 e. The number of hydrogen-bond acceptors (Lipinski definition) is 2. The van der Waals surface area contributed by atoms with Crippen molar-refractivity contribution >= 4 is 34.1 Å². The van der Waals surface area contributed by atoms with E-state index in [0.717, 1.165) is 17.8 Å². The number of aryl methyl sites for hydroxylation is 2. The first-order valence-electron chi connectivity index (χ1n) is 39.6. The molecule has 522 valence electrons. The molecule has 0 radical (unpaired) electrons. The van der Waals surface area contributed by atoms with Gasteiger partial charge in [-0.05, 0) is 258 Å². The first kappa shape index (κ1) is 66.2. The first-order valence-corrected chi connectivity index (χ1v) is 39.6. The van der Waals surface area contributed by atoms with Crippen LogP contribution < -0.4 is 9.80 Å². The Hall–Kier alpha value is -10.5. The van der Waals surface area contributed by atoms with E-state index in [0.29, 0.717) is 11.8 Å². The summed E-state index contributed by atoms with van der Waals surface area (Å²) in [7, 11) is 0. The van der Waals surface area contributed by atoms with E-state index in [9.17, 15) is 0 Å². The fourth-order valence-corrected chi connectivity index (χ4v) is 20.9. The van der Waals surface area contributed by atoms with Crippen molar-refractivity contribution < 1.29 is 0 Å². The molecule has 13 aromatic carbocycles. The summed E-state index contributed by atoms with van der Waals surface area (Å²) in [6, 6.07) is 107. The third-order valence-electron chi connectivity index (χ3n) is 26.5. The van der Waals surface area contributed by atoms with Crippen LogP contribution in [0.2, 0.25) is 0 Å². The summed E-state index contributed by atoms with van der Waals surface area (Å²) in [5.41, 5.74) is 42.0.